The number of hydrazine groups is 1. The van der Waals surface area contributed by atoms with E-state index in [9.17, 15) is 4.79 Å². The molecule has 0 spiro atoms. The van der Waals surface area contributed by atoms with Gasteiger partial charge in [-0.15, -0.1) is 0 Å². The van der Waals surface area contributed by atoms with Crippen LogP contribution in [0.3, 0.4) is 0 Å². The van der Waals surface area contributed by atoms with Crippen molar-refractivity contribution < 1.29 is 4.79 Å². The molecule has 0 fully saturated rings. The zero-order chi connectivity index (χ0) is 14.5. The number of nitrogens with zero attached hydrogens (tertiary/aromatic N) is 1. The number of carbonyl (C=O) groups is 1. The predicted octanol–water partition coefficient (Wildman–Crippen LogP) is 3.52. The van der Waals surface area contributed by atoms with Crippen LogP contribution in [0.2, 0.25) is 0 Å². The maximum Gasteiger partial charge on any atom is 0.164 e. The van der Waals surface area contributed by atoms with Crippen molar-refractivity contribution in [2.45, 2.75) is 6.92 Å². The fraction of sp³-hybridized carbons (Fsp3) is 0.188. The van der Waals surface area contributed by atoms with Crippen LogP contribution in [0.4, 0.5) is 17.1 Å². The highest BCUT2D eigenvalue weighted by atomic mass is 16.1. The van der Waals surface area contributed by atoms with Gasteiger partial charge >= 0.3 is 0 Å². The molecule has 0 atom stereocenters. The number of ketones is 1. The van der Waals surface area contributed by atoms with Crippen molar-refractivity contribution in [2.75, 3.05) is 24.8 Å². The second-order valence-electron chi connectivity index (χ2n) is 4.78. The maximum atomic E-state index is 12.0. The highest BCUT2D eigenvalue weighted by Gasteiger charge is 2.13. The zero-order valence-electron chi connectivity index (χ0n) is 12.0. The Labute approximate surface area is 119 Å². The third kappa shape index (κ3) is 3.36. The number of hydrogen-bond donors (Lipinski definition) is 2. The number of hydrogen-bond acceptors (Lipinski definition) is 4. The number of carbonyl (C=O) groups excluding carboxylic acids is 1. The number of nitrogens with one attached hydrogen (secondary N) is 2. The van der Waals surface area contributed by atoms with E-state index >= 15 is 0 Å². The van der Waals surface area contributed by atoms with E-state index in [0.717, 1.165) is 17.1 Å². The van der Waals surface area contributed by atoms with Gasteiger partial charge in [-0.2, -0.15) is 0 Å². The van der Waals surface area contributed by atoms with Crippen LogP contribution in [0.15, 0.2) is 48.5 Å². The molecule has 4 nitrogen and oxygen atoms in total. The molecular formula is C16H19N3O. The molecule has 0 saturated heterocycles. The lowest BCUT2D eigenvalue weighted by Gasteiger charge is -2.19. The van der Waals surface area contributed by atoms with Crippen LogP contribution in [0.25, 0.3) is 0 Å². The summed E-state index contributed by atoms with van der Waals surface area (Å²) in [7, 11) is 3.78. The van der Waals surface area contributed by atoms with Gasteiger partial charge in [0.15, 0.2) is 5.78 Å². The van der Waals surface area contributed by atoms with Crippen molar-refractivity contribution >= 4 is 22.8 Å². The normalized spacial score (nSPS) is 10.4. The van der Waals surface area contributed by atoms with Crippen LogP contribution in [-0.4, -0.2) is 24.9 Å². The molecule has 104 valence electrons. The largest absolute Gasteiger partial charge is 0.355 e. The zero-order valence-corrected chi connectivity index (χ0v) is 12.0. The summed E-state index contributed by atoms with van der Waals surface area (Å²) < 4.78 is 0. The first-order chi connectivity index (χ1) is 9.58. The van der Waals surface area contributed by atoms with Crippen molar-refractivity contribution in [2.24, 2.45) is 0 Å². The highest BCUT2D eigenvalue weighted by Crippen LogP contribution is 2.28. The average molecular weight is 269 g/mol. The number of anilines is 3. The first-order valence-corrected chi connectivity index (χ1v) is 6.48. The Balaban J connectivity index is 2.39. The van der Waals surface area contributed by atoms with E-state index in [0.29, 0.717) is 5.56 Å². The molecule has 0 heterocycles. The Morgan fingerprint density at radius 1 is 0.950 bits per heavy atom. The topological polar surface area (TPSA) is 44.4 Å². The van der Waals surface area contributed by atoms with Gasteiger partial charge in [0.2, 0.25) is 0 Å². The summed E-state index contributed by atoms with van der Waals surface area (Å²) in [6.07, 6.45) is 0. The smallest absolute Gasteiger partial charge is 0.164 e. The summed E-state index contributed by atoms with van der Waals surface area (Å²) in [5, 5.41) is 5.10. The fourth-order valence-corrected chi connectivity index (χ4v) is 2.05. The Morgan fingerprint density at radius 3 is 2.20 bits per heavy atom. The molecule has 2 aromatic rings. The van der Waals surface area contributed by atoms with Gasteiger partial charge in [-0.3, -0.25) is 4.79 Å². The third-order valence-corrected chi connectivity index (χ3v) is 2.81. The van der Waals surface area contributed by atoms with Gasteiger partial charge in [-0.1, -0.05) is 24.3 Å². The molecule has 0 aliphatic carbocycles. The molecule has 2 aromatic carbocycles. The fourth-order valence-electron chi connectivity index (χ4n) is 2.05. The monoisotopic (exact) mass is 269 g/mol. The second kappa shape index (κ2) is 6.21. The summed E-state index contributed by atoms with van der Waals surface area (Å²) in [5.41, 5.74) is 6.36. The molecule has 0 radical (unpaired) electrons. The Kier molecular flexibility index (Phi) is 4.38. The van der Waals surface area contributed by atoms with E-state index in [2.05, 4.69) is 10.7 Å². The molecule has 0 aliphatic heterocycles. The summed E-state index contributed by atoms with van der Waals surface area (Å²) in [6, 6.07) is 15.5. The van der Waals surface area contributed by atoms with Crippen LogP contribution in [0.1, 0.15) is 17.3 Å². The number of Topliss-reactive ketones (excluding diaryl/α,β-unsaturated/α-hetero) is 1. The average Bonchev–Trinajstić information content (AvgIpc) is 2.39. The van der Waals surface area contributed by atoms with Gasteiger partial charge in [0, 0.05) is 19.8 Å². The molecule has 2 N–H and O–H groups in total. The molecule has 0 aliphatic rings. The van der Waals surface area contributed by atoms with Crippen molar-refractivity contribution in [3.63, 3.8) is 0 Å². The Hall–Kier alpha value is -2.33. The highest BCUT2D eigenvalue weighted by molar-refractivity contribution is 6.05. The van der Waals surface area contributed by atoms with Gasteiger partial charge in [0.05, 0.1) is 16.9 Å². The van der Waals surface area contributed by atoms with E-state index in [-0.39, 0.29) is 5.78 Å². The molecule has 2 rings (SSSR count). The van der Waals surface area contributed by atoms with Gasteiger partial charge in [0.1, 0.15) is 0 Å². The van der Waals surface area contributed by atoms with Crippen LogP contribution in [0, 0.1) is 0 Å². The van der Waals surface area contributed by atoms with Crippen molar-refractivity contribution in [3.8, 4) is 0 Å². The lowest BCUT2D eigenvalue weighted by atomic mass is 10.1. The summed E-state index contributed by atoms with van der Waals surface area (Å²) in [6.45, 7) is 1.58. The molecule has 20 heavy (non-hydrogen) atoms. The Morgan fingerprint density at radius 2 is 1.60 bits per heavy atom. The maximum absolute atomic E-state index is 12.0. The molecule has 0 bridgehead atoms. The van der Waals surface area contributed by atoms with Gasteiger partial charge in [-0.25, -0.2) is 5.01 Å². The van der Waals surface area contributed by atoms with E-state index in [1.807, 2.05) is 67.6 Å². The van der Waals surface area contributed by atoms with Gasteiger partial charge in [0.25, 0.3) is 0 Å². The SMILES string of the molecule is CC(=O)c1c(Nc2ccccc2)cccc1NN(C)C. The minimum absolute atomic E-state index is 0.0216. The summed E-state index contributed by atoms with van der Waals surface area (Å²) in [5.74, 6) is 0.0216. The minimum atomic E-state index is 0.0216. The van der Waals surface area contributed by atoms with Crippen LogP contribution in [0.5, 0.6) is 0 Å². The molecule has 0 amide bonds. The second-order valence-corrected chi connectivity index (χ2v) is 4.78. The number of para-hydroxylation sites is 1. The number of rotatable bonds is 5. The lowest BCUT2D eigenvalue weighted by Crippen LogP contribution is -2.21. The molecule has 4 heteroatoms. The first kappa shape index (κ1) is 14.1. The van der Waals surface area contributed by atoms with Crippen molar-refractivity contribution in [3.05, 3.63) is 54.1 Å². The van der Waals surface area contributed by atoms with Crippen molar-refractivity contribution in [1.82, 2.24) is 5.01 Å². The predicted molar refractivity (Wildman–Crippen MR) is 83.5 cm³/mol. The van der Waals surface area contributed by atoms with Gasteiger partial charge < -0.3 is 10.7 Å². The summed E-state index contributed by atoms with van der Waals surface area (Å²) in [4.78, 5) is 12.0. The number of benzene rings is 2. The van der Waals surface area contributed by atoms with Crippen molar-refractivity contribution in [1.29, 1.82) is 0 Å². The van der Waals surface area contributed by atoms with Gasteiger partial charge in [-0.05, 0) is 31.2 Å². The lowest BCUT2D eigenvalue weighted by molar-refractivity contribution is 0.101. The van der Waals surface area contributed by atoms with Crippen LogP contribution >= 0.6 is 0 Å². The van der Waals surface area contributed by atoms with Crippen LogP contribution in [-0.2, 0) is 0 Å². The standard InChI is InChI=1S/C16H19N3O/c1-12(20)16-14(17-13-8-5-4-6-9-13)10-7-11-15(16)18-19(2)3/h4-11,17-18H,1-3H3. The summed E-state index contributed by atoms with van der Waals surface area (Å²) >= 11 is 0. The first-order valence-electron chi connectivity index (χ1n) is 6.48. The van der Waals surface area contributed by atoms with E-state index < -0.39 is 0 Å². The Bertz CT molecular complexity index is 594. The molecule has 0 aromatic heterocycles. The molecule has 0 saturated carbocycles. The van der Waals surface area contributed by atoms with E-state index in [4.69, 9.17) is 0 Å². The van der Waals surface area contributed by atoms with Crippen LogP contribution < -0.4 is 10.7 Å². The van der Waals surface area contributed by atoms with E-state index in [1.165, 1.54) is 0 Å². The quantitative estimate of drug-likeness (QED) is 0.644. The minimum Gasteiger partial charge on any atom is -0.355 e. The third-order valence-electron chi connectivity index (χ3n) is 2.81. The van der Waals surface area contributed by atoms with E-state index in [1.54, 1.807) is 6.92 Å². The molecule has 0 unspecified atom stereocenters. The molecular weight excluding hydrogens is 250 g/mol.